The van der Waals surface area contributed by atoms with Crippen LogP contribution in [0.3, 0.4) is 0 Å². The van der Waals surface area contributed by atoms with Gasteiger partial charge in [0, 0.05) is 10.6 Å². The Hall–Kier alpha value is -1.66. The first-order valence-corrected chi connectivity index (χ1v) is 6.07. The van der Waals surface area contributed by atoms with Gasteiger partial charge in [-0.05, 0) is 42.0 Å². The molecule has 7 heteroatoms. The van der Waals surface area contributed by atoms with E-state index >= 15 is 0 Å². The second-order valence-electron chi connectivity index (χ2n) is 4.34. The Morgan fingerprint density at radius 1 is 0.952 bits per heavy atom. The van der Waals surface area contributed by atoms with E-state index in [1.807, 2.05) is 0 Å². The molecule has 0 aliphatic rings. The van der Waals surface area contributed by atoms with E-state index in [-0.39, 0.29) is 16.1 Å². The summed E-state index contributed by atoms with van der Waals surface area (Å²) < 4.78 is 64.3. The summed E-state index contributed by atoms with van der Waals surface area (Å²) in [5, 5.41) is 9.99. The van der Waals surface area contributed by atoms with E-state index < -0.39 is 29.5 Å². The van der Waals surface area contributed by atoms with Gasteiger partial charge in [-0.3, -0.25) is 0 Å². The molecule has 0 saturated carbocycles. The van der Waals surface area contributed by atoms with Crippen molar-refractivity contribution < 1.29 is 27.1 Å². The molecule has 0 heterocycles. The molecule has 0 spiro atoms. The van der Waals surface area contributed by atoms with E-state index in [9.17, 15) is 27.1 Å². The molecule has 2 aromatic carbocycles. The van der Waals surface area contributed by atoms with Crippen LogP contribution in [0.15, 0.2) is 36.4 Å². The van der Waals surface area contributed by atoms with Crippen molar-refractivity contribution in [3.63, 3.8) is 0 Å². The second kappa shape index (κ2) is 5.61. The van der Waals surface area contributed by atoms with E-state index in [4.69, 9.17) is 11.6 Å². The first kappa shape index (κ1) is 15.7. The number of alkyl halides is 3. The minimum absolute atomic E-state index is 0.0401. The number of hydrogen-bond acceptors (Lipinski definition) is 1. The van der Waals surface area contributed by atoms with Crippen molar-refractivity contribution in [3.05, 3.63) is 69.7 Å². The molecule has 0 fully saturated rings. The average molecular weight is 323 g/mol. The zero-order chi connectivity index (χ0) is 15.8. The zero-order valence-corrected chi connectivity index (χ0v) is 11.0. The Bertz CT molecular complexity index is 669. The summed E-state index contributed by atoms with van der Waals surface area (Å²) >= 11 is 5.77. The number of hydrogen-bond donors (Lipinski definition) is 1. The van der Waals surface area contributed by atoms with Gasteiger partial charge < -0.3 is 5.11 Å². The predicted octanol–water partition coefficient (Wildman–Crippen LogP) is 4.72. The molecule has 21 heavy (non-hydrogen) atoms. The molecule has 2 aromatic rings. The average Bonchev–Trinajstić information content (AvgIpc) is 2.39. The molecule has 1 nitrogen and oxygen atoms in total. The molecule has 0 bridgehead atoms. The number of benzene rings is 2. The molecular formula is C14H8ClF5O. The molecule has 112 valence electrons. The smallest absolute Gasteiger partial charge is 0.384 e. The van der Waals surface area contributed by atoms with Gasteiger partial charge in [0.1, 0.15) is 17.7 Å². The third-order valence-corrected chi connectivity index (χ3v) is 3.16. The van der Waals surface area contributed by atoms with Crippen LogP contribution in [0.2, 0.25) is 5.02 Å². The SMILES string of the molecule is OC(c1cc(F)cc(C(F)(F)F)c1)c1cc(F)ccc1Cl. The third-order valence-electron chi connectivity index (χ3n) is 2.82. The first-order valence-electron chi connectivity index (χ1n) is 5.69. The number of aliphatic hydroxyl groups excluding tert-OH is 1. The maximum Gasteiger partial charge on any atom is 0.416 e. The Balaban J connectivity index is 2.51. The summed E-state index contributed by atoms with van der Waals surface area (Å²) in [6.45, 7) is 0. The highest BCUT2D eigenvalue weighted by Gasteiger charge is 2.32. The number of aliphatic hydroxyl groups is 1. The van der Waals surface area contributed by atoms with Gasteiger partial charge in [0.05, 0.1) is 5.56 Å². The highest BCUT2D eigenvalue weighted by atomic mass is 35.5. The Morgan fingerprint density at radius 3 is 2.24 bits per heavy atom. The molecule has 1 unspecified atom stereocenters. The van der Waals surface area contributed by atoms with E-state index in [1.165, 1.54) is 0 Å². The Labute approximate surface area is 121 Å². The van der Waals surface area contributed by atoms with Crippen LogP contribution in [-0.4, -0.2) is 5.11 Å². The largest absolute Gasteiger partial charge is 0.416 e. The van der Waals surface area contributed by atoms with Gasteiger partial charge >= 0.3 is 6.18 Å². The second-order valence-corrected chi connectivity index (χ2v) is 4.75. The Kier molecular flexibility index (Phi) is 4.20. The summed E-state index contributed by atoms with van der Waals surface area (Å²) in [4.78, 5) is 0. The fraction of sp³-hybridized carbons (Fsp3) is 0.143. The maximum atomic E-state index is 13.3. The molecule has 1 N–H and O–H groups in total. The van der Waals surface area contributed by atoms with Gasteiger partial charge in [0.25, 0.3) is 0 Å². The van der Waals surface area contributed by atoms with Gasteiger partial charge in [-0.2, -0.15) is 13.2 Å². The lowest BCUT2D eigenvalue weighted by Gasteiger charge is -2.15. The standard InChI is InChI=1S/C14H8ClF5O/c15-12-2-1-9(16)6-11(12)13(21)7-3-8(14(18,19)20)5-10(17)4-7/h1-6,13,21H. The van der Waals surface area contributed by atoms with Crippen molar-refractivity contribution in [2.75, 3.05) is 0 Å². The van der Waals surface area contributed by atoms with Gasteiger partial charge in [-0.25, -0.2) is 8.78 Å². The molecule has 0 aromatic heterocycles. The zero-order valence-electron chi connectivity index (χ0n) is 10.3. The van der Waals surface area contributed by atoms with Crippen molar-refractivity contribution in [2.45, 2.75) is 12.3 Å². The van der Waals surface area contributed by atoms with E-state index in [0.717, 1.165) is 24.3 Å². The van der Waals surface area contributed by atoms with E-state index in [0.29, 0.717) is 12.1 Å². The number of rotatable bonds is 2. The minimum atomic E-state index is -4.76. The molecule has 0 aliphatic carbocycles. The van der Waals surface area contributed by atoms with Crippen molar-refractivity contribution in [1.82, 2.24) is 0 Å². The van der Waals surface area contributed by atoms with Gasteiger partial charge in [0.15, 0.2) is 0 Å². The summed E-state index contributed by atoms with van der Waals surface area (Å²) in [6, 6.07) is 4.70. The molecular weight excluding hydrogens is 315 g/mol. The lowest BCUT2D eigenvalue weighted by atomic mass is 9.99. The molecule has 0 amide bonds. The highest BCUT2D eigenvalue weighted by Crippen LogP contribution is 2.34. The quantitative estimate of drug-likeness (QED) is 0.793. The lowest BCUT2D eigenvalue weighted by molar-refractivity contribution is -0.137. The lowest BCUT2D eigenvalue weighted by Crippen LogP contribution is -2.09. The van der Waals surface area contributed by atoms with Crippen molar-refractivity contribution in [2.24, 2.45) is 0 Å². The first-order chi connectivity index (χ1) is 9.68. The summed E-state index contributed by atoms with van der Waals surface area (Å²) in [5.41, 5.74) is -1.76. The monoisotopic (exact) mass is 322 g/mol. The summed E-state index contributed by atoms with van der Waals surface area (Å²) in [7, 11) is 0. The third kappa shape index (κ3) is 3.51. The van der Waals surface area contributed by atoms with Gasteiger partial charge in [0.2, 0.25) is 0 Å². The minimum Gasteiger partial charge on any atom is -0.384 e. The molecule has 1 atom stereocenters. The van der Waals surface area contributed by atoms with Crippen molar-refractivity contribution in [3.8, 4) is 0 Å². The van der Waals surface area contributed by atoms with Crippen LogP contribution in [-0.2, 0) is 6.18 Å². The van der Waals surface area contributed by atoms with Gasteiger partial charge in [-0.1, -0.05) is 11.6 Å². The molecule has 0 radical (unpaired) electrons. The molecule has 0 saturated heterocycles. The summed E-state index contributed by atoms with van der Waals surface area (Å²) in [6.07, 6.45) is -6.44. The van der Waals surface area contributed by atoms with Crippen LogP contribution in [0.25, 0.3) is 0 Å². The normalized spacial score (nSPS) is 13.3. The molecule has 2 rings (SSSR count). The number of halogens is 6. The highest BCUT2D eigenvalue weighted by molar-refractivity contribution is 6.31. The fourth-order valence-corrected chi connectivity index (χ4v) is 2.06. The van der Waals surface area contributed by atoms with E-state index in [2.05, 4.69) is 0 Å². The topological polar surface area (TPSA) is 20.2 Å². The van der Waals surface area contributed by atoms with Crippen LogP contribution in [0.1, 0.15) is 22.8 Å². The van der Waals surface area contributed by atoms with Gasteiger partial charge in [-0.15, -0.1) is 0 Å². The van der Waals surface area contributed by atoms with Crippen molar-refractivity contribution in [1.29, 1.82) is 0 Å². The molecule has 0 aliphatic heterocycles. The van der Waals surface area contributed by atoms with Crippen LogP contribution in [0, 0.1) is 11.6 Å². The van der Waals surface area contributed by atoms with Crippen LogP contribution >= 0.6 is 11.6 Å². The van der Waals surface area contributed by atoms with E-state index in [1.54, 1.807) is 0 Å². The van der Waals surface area contributed by atoms with Crippen LogP contribution in [0.5, 0.6) is 0 Å². The maximum absolute atomic E-state index is 13.3. The predicted molar refractivity (Wildman–Crippen MR) is 66.9 cm³/mol. The Morgan fingerprint density at radius 2 is 1.62 bits per heavy atom. The summed E-state index contributed by atoms with van der Waals surface area (Å²) in [5.74, 6) is -1.88. The fourth-order valence-electron chi connectivity index (χ4n) is 1.84. The van der Waals surface area contributed by atoms with Crippen molar-refractivity contribution >= 4 is 11.6 Å². The van der Waals surface area contributed by atoms with Crippen LogP contribution < -0.4 is 0 Å². The van der Waals surface area contributed by atoms with Crippen LogP contribution in [0.4, 0.5) is 22.0 Å².